The topological polar surface area (TPSA) is 58.2 Å². The van der Waals surface area contributed by atoms with Crippen molar-refractivity contribution in [3.05, 3.63) is 65.0 Å². The number of thioether (sulfide) groups is 1. The average molecular weight is 426 g/mol. The number of halogens is 4. The van der Waals surface area contributed by atoms with Gasteiger partial charge in [0.1, 0.15) is 11.9 Å². The third-order valence-electron chi connectivity index (χ3n) is 4.53. The number of anilines is 1. The molecule has 2 aromatic rings. The predicted octanol–water partition coefficient (Wildman–Crippen LogP) is 3.93. The molecular formula is C20H18F4N2O2S. The molecule has 29 heavy (non-hydrogen) atoms. The number of hydrogen-bond donors (Lipinski definition) is 2. The van der Waals surface area contributed by atoms with Crippen molar-refractivity contribution in [3.8, 4) is 0 Å². The number of alkyl halides is 3. The molecule has 2 aromatic carbocycles. The summed E-state index contributed by atoms with van der Waals surface area (Å²) in [5, 5.41) is 4.61. The Bertz CT molecular complexity index is 916. The van der Waals surface area contributed by atoms with E-state index in [1.54, 1.807) is 12.1 Å². The summed E-state index contributed by atoms with van der Waals surface area (Å²) >= 11 is 1.28. The fourth-order valence-corrected chi connectivity index (χ4v) is 4.15. The summed E-state index contributed by atoms with van der Waals surface area (Å²) in [7, 11) is 0. The second-order valence-electron chi connectivity index (χ2n) is 6.73. The van der Waals surface area contributed by atoms with Crippen LogP contribution in [0.4, 0.5) is 23.2 Å². The minimum absolute atomic E-state index is 0.0145. The maximum atomic E-state index is 13.0. The number of amides is 2. The van der Waals surface area contributed by atoms with Crippen molar-refractivity contribution in [2.45, 2.75) is 30.8 Å². The zero-order chi connectivity index (χ0) is 21.2. The molecule has 4 nitrogen and oxygen atoms in total. The number of nitrogens with one attached hydrogen (secondary N) is 2. The van der Waals surface area contributed by atoms with Crippen molar-refractivity contribution in [1.82, 2.24) is 5.32 Å². The van der Waals surface area contributed by atoms with E-state index < -0.39 is 28.9 Å². The van der Waals surface area contributed by atoms with E-state index >= 15 is 0 Å². The summed E-state index contributed by atoms with van der Waals surface area (Å²) in [6.45, 7) is 1.34. The van der Waals surface area contributed by atoms with Crippen LogP contribution in [0.5, 0.6) is 0 Å². The number of rotatable bonds is 4. The van der Waals surface area contributed by atoms with Crippen LogP contribution in [-0.4, -0.2) is 28.9 Å². The number of aryl methyl sites for hydroxylation is 1. The van der Waals surface area contributed by atoms with E-state index in [0.29, 0.717) is 6.42 Å². The van der Waals surface area contributed by atoms with Gasteiger partial charge in [0.25, 0.3) is 0 Å². The second-order valence-corrected chi connectivity index (χ2v) is 7.97. The van der Waals surface area contributed by atoms with Crippen molar-refractivity contribution in [3.63, 3.8) is 0 Å². The SMILES string of the molecule is Cc1ccc(NC(=O)C2CSC(Cc3ccc(F)cc3)C(=O)N2)cc1C(F)(F)F. The van der Waals surface area contributed by atoms with E-state index in [0.717, 1.165) is 11.6 Å². The highest BCUT2D eigenvalue weighted by atomic mass is 32.2. The molecule has 0 aromatic heterocycles. The molecule has 0 spiro atoms. The van der Waals surface area contributed by atoms with Crippen LogP contribution >= 0.6 is 11.8 Å². The lowest BCUT2D eigenvalue weighted by Crippen LogP contribution is -2.52. The monoisotopic (exact) mass is 426 g/mol. The van der Waals surface area contributed by atoms with Crippen molar-refractivity contribution in [1.29, 1.82) is 0 Å². The summed E-state index contributed by atoms with van der Waals surface area (Å²) in [6.07, 6.45) is -4.13. The Labute approximate surface area is 169 Å². The molecule has 154 valence electrons. The Kier molecular flexibility index (Phi) is 6.16. The first-order chi connectivity index (χ1) is 13.6. The van der Waals surface area contributed by atoms with Gasteiger partial charge in [-0.1, -0.05) is 18.2 Å². The van der Waals surface area contributed by atoms with Gasteiger partial charge in [-0.15, -0.1) is 11.8 Å². The van der Waals surface area contributed by atoms with Crippen molar-refractivity contribution >= 4 is 29.3 Å². The van der Waals surface area contributed by atoms with Crippen LogP contribution in [0.2, 0.25) is 0 Å². The Balaban J connectivity index is 1.61. The molecule has 0 saturated carbocycles. The highest BCUT2D eigenvalue weighted by Crippen LogP contribution is 2.33. The molecule has 2 N–H and O–H groups in total. The molecule has 1 aliphatic rings. The highest BCUT2D eigenvalue weighted by Gasteiger charge is 2.34. The van der Waals surface area contributed by atoms with Gasteiger partial charge in [-0.25, -0.2) is 4.39 Å². The van der Waals surface area contributed by atoms with E-state index in [1.807, 2.05) is 0 Å². The molecule has 0 aliphatic carbocycles. The molecule has 3 rings (SSSR count). The Morgan fingerprint density at radius 3 is 2.52 bits per heavy atom. The van der Waals surface area contributed by atoms with Crippen LogP contribution < -0.4 is 10.6 Å². The second kappa shape index (κ2) is 8.44. The van der Waals surface area contributed by atoms with Crippen LogP contribution in [-0.2, 0) is 22.2 Å². The lowest BCUT2D eigenvalue weighted by atomic mass is 10.1. The molecule has 2 atom stereocenters. The van der Waals surface area contributed by atoms with Gasteiger partial charge in [0, 0.05) is 11.4 Å². The minimum atomic E-state index is -4.52. The van der Waals surface area contributed by atoms with Gasteiger partial charge in [-0.05, 0) is 48.7 Å². The van der Waals surface area contributed by atoms with E-state index in [1.165, 1.54) is 43.0 Å². The molecule has 1 heterocycles. The van der Waals surface area contributed by atoms with Crippen molar-refractivity contribution in [2.75, 3.05) is 11.1 Å². The molecule has 1 fully saturated rings. The molecule has 0 bridgehead atoms. The Morgan fingerprint density at radius 1 is 1.21 bits per heavy atom. The lowest BCUT2D eigenvalue weighted by molar-refractivity contribution is -0.138. The third kappa shape index (κ3) is 5.29. The van der Waals surface area contributed by atoms with Gasteiger partial charge in [0.15, 0.2) is 0 Å². The fraction of sp³-hybridized carbons (Fsp3) is 0.300. The van der Waals surface area contributed by atoms with Crippen LogP contribution in [0.15, 0.2) is 42.5 Å². The van der Waals surface area contributed by atoms with Crippen LogP contribution in [0.25, 0.3) is 0 Å². The molecule has 1 aliphatic heterocycles. The number of hydrogen-bond acceptors (Lipinski definition) is 3. The number of carbonyl (C=O) groups excluding carboxylic acids is 2. The van der Waals surface area contributed by atoms with Gasteiger partial charge >= 0.3 is 6.18 Å². The summed E-state index contributed by atoms with van der Waals surface area (Å²) in [5.41, 5.74) is 0.0410. The molecule has 9 heteroatoms. The quantitative estimate of drug-likeness (QED) is 0.729. The zero-order valence-electron chi connectivity index (χ0n) is 15.3. The standard InChI is InChI=1S/C20H18F4N2O2S/c1-11-2-7-14(9-15(11)20(22,23)24)25-18(27)16-10-29-17(19(28)26-16)8-12-3-5-13(21)6-4-12/h2-7,9,16-17H,8,10H2,1H3,(H,25,27)(H,26,28). The summed E-state index contributed by atoms with van der Waals surface area (Å²) in [5.74, 6) is -1.01. The molecule has 2 amide bonds. The third-order valence-corrected chi connectivity index (χ3v) is 5.84. The van der Waals surface area contributed by atoms with Crippen molar-refractivity contribution < 1.29 is 27.2 Å². The molecule has 0 radical (unpaired) electrons. The maximum absolute atomic E-state index is 13.0. The molecule has 1 saturated heterocycles. The van der Waals surface area contributed by atoms with Gasteiger partial charge in [0.2, 0.25) is 11.8 Å². The minimum Gasteiger partial charge on any atom is -0.343 e. The van der Waals surface area contributed by atoms with Gasteiger partial charge in [-0.3, -0.25) is 9.59 Å². The predicted molar refractivity (Wildman–Crippen MR) is 103 cm³/mol. The van der Waals surface area contributed by atoms with Crippen LogP contribution in [0, 0.1) is 12.7 Å². The Morgan fingerprint density at radius 2 is 1.90 bits per heavy atom. The fourth-order valence-electron chi connectivity index (χ4n) is 2.96. The van der Waals surface area contributed by atoms with Crippen LogP contribution in [0.3, 0.4) is 0 Å². The smallest absolute Gasteiger partial charge is 0.343 e. The Hall–Kier alpha value is -2.55. The first kappa shape index (κ1) is 21.2. The summed E-state index contributed by atoms with van der Waals surface area (Å²) in [6, 6.07) is 8.51. The van der Waals surface area contributed by atoms with Gasteiger partial charge in [0.05, 0.1) is 10.8 Å². The average Bonchev–Trinajstić information content (AvgIpc) is 2.65. The number of carbonyl (C=O) groups is 2. The lowest BCUT2D eigenvalue weighted by Gasteiger charge is -2.28. The number of benzene rings is 2. The van der Waals surface area contributed by atoms with E-state index in [4.69, 9.17) is 0 Å². The van der Waals surface area contributed by atoms with Gasteiger partial charge in [-0.2, -0.15) is 13.2 Å². The zero-order valence-corrected chi connectivity index (χ0v) is 16.2. The van der Waals surface area contributed by atoms with E-state index in [2.05, 4.69) is 10.6 Å². The molecular weight excluding hydrogens is 408 g/mol. The summed E-state index contributed by atoms with van der Waals surface area (Å²) < 4.78 is 52.0. The normalized spacial score (nSPS) is 19.6. The van der Waals surface area contributed by atoms with Gasteiger partial charge < -0.3 is 10.6 Å². The summed E-state index contributed by atoms with van der Waals surface area (Å²) in [4.78, 5) is 24.7. The molecule has 2 unspecified atom stereocenters. The first-order valence-electron chi connectivity index (χ1n) is 8.78. The highest BCUT2D eigenvalue weighted by molar-refractivity contribution is 8.00. The van der Waals surface area contributed by atoms with Crippen molar-refractivity contribution in [2.24, 2.45) is 0 Å². The largest absolute Gasteiger partial charge is 0.416 e. The van der Waals surface area contributed by atoms with E-state index in [9.17, 15) is 27.2 Å². The maximum Gasteiger partial charge on any atom is 0.416 e. The van der Waals surface area contributed by atoms with E-state index in [-0.39, 0.29) is 28.7 Å². The first-order valence-corrected chi connectivity index (χ1v) is 9.83. The van der Waals surface area contributed by atoms with Crippen LogP contribution in [0.1, 0.15) is 16.7 Å².